The number of pyridine rings is 1. The minimum absolute atomic E-state index is 0.176. The number of nitrogens with one attached hydrogen (secondary N) is 1. The van der Waals surface area contributed by atoms with E-state index < -0.39 is 5.97 Å². The van der Waals surface area contributed by atoms with Crippen LogP contribution in [0.4, 0.5) is 10.6 Å². The number of carbonyl (C=O) groups excluding carboxylic acids is 1. The predicted octanol–water partition coefficient (Wildman–Crippen LogP) is 4.57. The van der Waals surface area contributed by atoms with Crippen LogP contribution in [-0.4, -0.2) is 35.7 Å². The summed E-state index contributed by atoms with van der Waals surface area (Å²) in [4.78, 5) is 29.3. The molecule has 0 radical (unpaired) electrons. The number of anilines is 1. The maximum absolute atomic E-state index is 12.3. The Balaban J connectivity index is 2.11. The molecular weight excluding hydrogens is 354 g/mol. The number of unbranched alkanes of at least 4 members (excludes halogenated alkanes) is 2. The fraction of sp³-hybridized carbons (Fsp3) is 0.318. The molecule has 0 unspecified atom stereocenters. The quantitative estimate of drug-likeness (QED) is 0.518. The summed E-state index contributed by atoms with van der Waals surface area (Å²) in [5.41, 5.74) is 2.72. The number of carbonyl (C=O) groups is 2. The predicted molar refractivity (Wildman–Crippen MR) is 112 cm³/mol. The first-order valence-corrected chi connectivity index (χ1v) is 9.43. The molecule has 0 aliphatic carbocycles. The molecule has 2 aromatic rings. The van der Waals surface area contributed by atoms with Crippen molar-refractivity contribution < 1.29 is 14.7 Å². The van der Waals surface area contributed by atoms with Crippen molar-refractivity contribution in [2.75, 3.05) is 18.5 Å². The SMILES string of the molecule is CCCCCNC(=O)N(C)c1cccc(-c2ccc(C=C(C)C(=O)O)cc2)n1. The van der Waals surface area contributed by atoms with E-state index in [0.29, 0.717) is 12.4 Å². The zero-order chi connectivity index (χ0) is 20.5. The molecule has 0 aliphatic rings. The van der Waals surface area contributed by atoms with E-state index in [9.17, 15) is 9.59 Å². The summed E-state index contributed by atoms with van der Waals surface area (Å²) in [6, 6.07) is 12.8. The van der Waals surface area contributed by atoms with Crippen LogP contribution in [0.2, 0.25) is 0 Å². The van der Waals surface area contributed by atoms with Crippen LogP contribution in [0, 0.1) is 0 Å². The Hall–Kier alpha value is -3.15. The molecule has 148 valence electrons. The van der Waals surface area contributed by atoms with E-state index >= 15 is 0 Å². The molecule has 6 nitrogen and oxygen atoms in total. The maximum Gasteiger partial charge on any atom is 0.331 e. The first-order valence-electron chi connectivity index (χ1n) is 9.43. The number of amides is 2. The first kappa shape index (κ1) is 21.2. The molecule has 0 saturated carbocycles. The van der Waals surface area contributed by atoms with Crippen molar-refractivity contribution in [2.24, 2.45) is 0 Å². The molecule has 2 N–H and O–H groups in total. The average molecular weight is 381 g/mol. The minimum Gasteiger partial charge on any atom is -0.478 e. The molecular formula is C22H27N3O3. The van der Waals surface area contributed by atoms with Gasteiger partial charge in [-0.25, -0.2) is 14.6 Å². The number of hydrogen-bond acceptors (Lipinski definition) is 3. The van der Waals surface area contributed by atoms with Crippen molar-refractivity contribution in [3.8, 4) is 11.3 Å². The lowest BCUT2D eigenvalue weighted by molar-refractivity contribution is -0.132. The second-order valence-corrected chi connectivity index (χ2v) is 6.63. The van der Waals surface area contributed by atoms with Gasteiger partial charge in [-0.2, -0.15) is 0 Å². The number of nitrogens with zero attached hydrogens (tertiary/aromatic N) is 2. The van der Waals surface area contributed by atoms with Crippen molar-refractivity contribution in [2.45, 2.75) is 33.1 Å². The third kappa shape index (κ3) is 5.94. The topological polar surface area (TPSA) is 82.5 Å². The summed E-state index contributed by atoms with van der Waals surface area (Å²) < 4.78 is 0. The Morgan fingerprint density at radius 1 is 1.14 bits per heavy atom. The highest BCUT2D eigenvalue weighted by Crippen LogP contribution is 2.21. The van der Waals surface area contributed by atoms with Gasteiger partial charge in [0.2, 0.25) is 0 Å². The van der Waals surface area contributed by atoms with Crippen LogP contribution in [0.25, 0.3) is 17.3 Å². The van der Waals surface area contributed by atoms with E-state index in [-0.39, 0.29) is 11.6 Å². The zero-order valence-electron chi connectivity index (χ0n) is 16.6. The number of benzene rings is 1. The summed E-state index contributed by atoms with van der Waals surface area (Å²) >= 11 is 0. The molecule has 28 heavy (non-hydrogen) atoms. The fourth-order valence-corrected chi connectivity index (χ4v) is 2.63. The van der Waals surface area contributed by atoms with Crippen LogP contribution in [0.15, 0.2) is 48.0 Å². The molecule has 1 aromatic heterocycles. The molecule has 6 heteroatoms. The monoisotopic (exact) mass is 381 g/mol. The summed E-state index contributed by atoms with van der Waals surface area (Å²) in [5, 5.41) is 11.9. The number of aromatic nitrogens is 1. The van der Waals surface area contributed by atoms with Crippen molar-refractivity contribution in [3.63, 3.8) is 0 Å². The van der Waals surface area contributed by atoms with Crippen molar-refractivity contribution in [1.29, 1.82) is 0 Å². The Morgan fingerprint density at radius 2 is 1.86 bits per heavy atom. The molecule has 1 heterocycles. The highest BCUT2D eigenvalue weighted by atomic mass is 16.4. The summed E-state index contributed by atoms with van der Waals surface area (Å²) in [5.74, 6) is -0.370. The van der Waals surface area contributed by atoms with Gasteiger partial charge in [0.25, 0.3) is 0 Å². The number of aliphatic carboxylic acids is 1. The van der Waals surface area contributed by atoms with Gasteiger partial charge in [-0.15, -0.1) is 0 Å². The summed E-state index contributed by atoms with van der Waals surface area (Å²) in [7, 11) is 1.70. The average Bonchev–Trinajstić information content (AvgIpc) is 2.71. The fourth-order valence-electron chi connectivity index (χ4n) is 2.63. The number of carboxylic acid groups (broad SMARTS) is 1. The third-order valence-corrected chi connectivity index (χ3v) is 4.37. The molecule has 0 spiro atoms. The van der Waals surface area contributed by atoms with E-state index in [1.807, 2.05) is 36.4 Å². The number of rotatable bonds is 8. The first-order chi connectivity index (χ1) is 13.4. The van der Waals surface area contributed by atoms with Crippen LogP contribution in [0.5, 0.6) is 0 Å². The zero-order valence-corrected chi connectivity index (χ0v) is 16.6. The van der Waals surface area contributed by atoms with Crippen LogP contribution in [-0.2, 0) is 4.79 Å². The number of hydrogen-bond donors (Lipinski definition) is 2. The van der Waals surface area contributed by atoms with Gasteiger partial charge in [-0.05, 0) is 37.1 Å². The van der Waals surface area contributed by atoms with Crippen molar-refractivity contribution in [3.05, 3.63) is 53.6 Å². The molecule has 1 aromatic carbocycles. The lowest BCUT2D eigenvalue weighted by Crippen LogP contribution is -2.38. The second-order valence-electron chi connectivity index (χ2n) is 6.63. The van der Waals surface area contributed by atoms with Gasteiger partial charge < -0.3 is 10.4 Å². The summed E-state index contributed by atoms with van der Waals surface area (Å²) in [6.45, 7) is 4.34. The number of carboxylic acids is 1. The van der Waals surface area contributed by atoms with Crippen molar-refractivity contribution in [1.82, 2.24) is 10.3 Å². The van der Waals surface area contributed by atoms with Gasteiger partial charge >= 0.3 is 12.0 Å². The minimum atomic E-state index is -0.936. The number of urea groups is 1. The van der Waals surface area contributed by atoms with Crippen molar-refractivity contribution >= 4 is 23.9 Å². The maximum atomic E-state index is 12.3. The van der Waals surface area contributed by atoms with Crippen LogP contribution in [0.3, 0.4) is 0 Å². The standard InChI is InChI=1S/C22H27N3O3/c1-4-5-6-14-23-22(28)25(3)20-9-7-8-19(24-20)18-12-10-17(11-13-18)15-16(2)21(26)27/h7-13,15H,4-6,14H2,1-3H3,(H,23,28)(H,26,27). The highest BCUT2D eigenvalue weighted by molar-refractivity contribution is 5.91. The van der Waals surface area contributed by atoms with Crippen LogP contribution < -0.4 is 10.2 Å². The van der Waals surface area contributed by atoms with E-state index in [0.717, 1.165) is 36.1 Å². The van der Waals surface area contributed by atoms with Gasteiger partial charge in [-0.1, -0.05) is 50.1 Å². The lowest BCUT2D eigenvalue weighted by atomic mass is 10.1. The Labute approximate surface area is 165 Å². The van der Waals surface area contributed by atoms with Gasteiger partial charge in [0, 0.05) is 24.7 Å². The Kier molecular flexibility index (Phi) is 7.75. The summed E-state index contributed by atoms with van der Waals surface area (Å²) in [6.07, 6.45) is 4.78. The van der Waals surface area contributed by atoms with E-state index in [4.69, 9.17) is 5.11 Å². The molecule has 0 bridgehead atoms. The molecule has 0 saturated heterocycles. The van der Waals surface area contributed by atoms with Gasteiger partial charge in [-0.3, -0.25) is 4.90 Å². The van der Waals surface area contributed by atoms with Gasteiger partial charge in [0.1, 0.15) is 5.82 Å². The Bertz CT molecular complexity index is 844. The molecule has 0 fully saturated rings. The van der Waals surface area contributed by atoms with E-state index in [1.165, 1.54) is 4.90 Å². The van der Waals surface area contributed by atoms with Crippen LogP contribution >= 0.6 is 0 Å². The molecule has 2 amide bonds. The van der Waals surface area contributed by atoms with E-state index in [1.54, 1.807) is 26.1 Å². The molecule has 0 aliphatic heterocycles. The molecule has 0 atom stereocenters. The highest BCUT2D eigenvalue weighted by Gasteiger charge is 2.12. The van der Waals surface area contributed by atoms with E-state index in [2.05, 4.69) is 17.2 Å². The lowest BCUT2D eigenvalue weighted by Gasteiger charge is -2.18. The molecule has 2 rings (SSSR count). The largest absolute Gasteiger partial charge is 0.478 e. The third-order valence-electron chi connectivity index (χ3n) is 4.37. The van der Waals surface area contributed by atoms with Crippen LogP contribution in [0.1, 0.15) is 38.7 Å². The smallest absolute Gasteiger partial charge is 0.331 e. The Morgan fingerprint density at radius 3 is 2.50 bits per heavy atom. The van der Waals surface area contributed by atoms with Gasteiger partial charge in [0.05, 0.1) is 5.69 Å². The normalized spacial score (nSPS) is 11.2. The van der Waals surface area contributed by atoms with Gasteiger partial charge in [0.15, 0.2) is 0 Å². The second kappa shape index (κ2) is 10.3.